The Balaban J connectivity index is 2.39. The van der Waals surface area contributed by atoms with Crippen molar-refractivity contribution in [3.05, 3.63) is 59.4 Å². The molecule has 0 aliphatic carbocycles. The lowest BCUT2D eigenvalue weighted by molar-refractivity contribution is 0.0978. The first-order valence-corrected chi connectivity index (χ1v) is 6.15. The highest BCUT2D eigenvalue weighted by atomic mass is 16.5. The third-order valence-electron chi connectivity index (χ3n) is 3.12. The van der Waals surface area contributed by atoms with Crippen LogP contribution >= 0.6 is 0 Å². The maximum Gasteiger partial charge on any atom is 0.184 e. The molecule has 2 rings (SSSR count). The highest BCUT2D eigenvalue weighted by Crippen LogP contribution is 2.26. The van der Waals surface area contributed by atoms with Crippen LogP contribution < -0.4 is 4.74 Å². The summed E-state index contributed by atoms with van der Waals surface area (Å²) >= 11 is 0. The molecule has 1 heterocycles. The van der Waals surface area contributed by atoms with Gasteiger partial charge in [-0.15, -0.1) is 0 Å². The lowest BCUT2D eigenvalue weighted by Crippen LogP contribution is -2.11. The third kappa shape index (κ3) is 2.67. The van der Waals surface area contributed by atoms with Gasteiger partial charge in [-0.05, 0) is 36.2 Å². The minimum Gasteiger partial charge on any atom is -0.496 e. The van der Waals surface area contributed by atoms with E-state index >= 15 is 0 Å². The van der Waals surface area contributed by atoms with Gasteiger partial charge in [-0.2, -0.15) is 5.26 Å². The summed E-state index contributed by atoms with van der Waals surface area (Å²) < 4.78 is 5.24. The zero-order valence-electron chi connectivity index (χ0n) is 11.3. The number of rotatable bonds is 4. The van der Waals surface area contributed by atoms with Crippen molar-refractivity contribution in [2.24, 2.45) is 0 Å². The normalized spacial score (nSPS) is 11.4. The average Bonchev–Trinajstić information content (AvgIpc) is 2.50. The summed E-state index contributed by atoms with van der Waals surface area (Å²) in [4.78, 5) is 16.2. The fraction of sp³-hybridized carbons (Fsp3) is 0.188. The average molecular weight is 266 g/mol. The van der Waals surface area contributed by atoms with E-state index in [2.05, 4.69) is 11.1 Å². The van der Waals surface area contributed by atoms with Crippen molar-refractivity contribution in [3.63, 3.8) is 0 Å². The lowest BCUT2D eigenvalue weighted by Gasteiger charge is -2.11. The minimum atomic E-state index is -0.841. The Hall–Kier alpha value is -2.67. The van der Waals surface area contributed by atoms with E-state index in [1.165, 1.54) is 12.4 Å². The van der Waals surface area contributed by atoms with Crippen molar-refractivity contribution in [3.8, 4) is 11.8 Å². The Bertz CT molecular complexity index is 660. The number of carbonyl (C=O) groups is 1. The lowest BCUT2D eigenvalue weighted by atomic mass is 9.91. The van der Waals surface area contributed by atoms with Crippen LogP contribution in [0.4, 0.5) is 0 Å². The number of pyridine rings is 1. The fourth-order valence-electron chi connectivity index (χ4n) is 1.98. The molecule has 100 valence electrons. The van der Waals surface area contributed by atoms with Crippen molar-refractivity contribution in [1.29, 1.82) is 5.26 Å². The van der Waals surface area contributed by atoms with Gasteiger partial charge in [0.2, 0.25) is 0 Å². The molecule has 0 aliphatic heterocycles. The summed E-state index contributed by atoms with van der Waals surface area (Å²) in [5, 5.41) is 9.32. The number of hydrogen-bond acceptors (Lipinski definition) is 4. The van der Waals surface area contributed by atoms with Crippen molar-refractivity contribution in [1.82, 2.24) is 4.98 Å². The molecule has 0 aliphatic rings. The number of carbonyl (C=O) groups excluding carboxylic acids is 1. The van der Waals surface area contributed by atoms with E-state index in [1.54, 1.807) is 31.4 Å². The Kier molecular flexibility index (Phi) is 4.11. The smallest absolute Gasteiger partial charge is 0.184 e. The van der Waals surface area contributed by atoms with Crippen molar-refractivity contribution < 1.29 is 9.53 Å². The van der Waals surface area contributed by atoms with Crippen LogP contribution in [-0.2, 0) is 0 Å². The van der Waals surface area contributed by atoms with Crippen LogP contribution in [0.5, 0.6) is 5.75 Å². The maximum atomic E-state index is 12.4. The number of ether oxygens (including phenoxy) is 1. The Morgan fingerprint density at radius 3 is 2.60 bits per heavy atom. The molecule has 0 saturated heterocycles. The first-order valence-electron chi connectivity index (χ1n) is 6.15. The Morgan fingerprint density at radius 2 is 2.00 bits per heavy atom. The first-order chi connectivity index (χ1) is 9.67. The Labute approximate surface area is 117 Å². The molecule has 0 saturated carbocycles. The van der Waals surface area contributed by atoms with Gasteiger partial charge in [0, 0.05) is 18.0 Å². The summed E-state index contributed by atoms with van der Waals surface area (Å²) in [7, 11) is 1.57. The van der Waals surface area contributed by atoms with Gasteiger partial charge in [-0.1, -0.05) is 12.1 Å². The molecule has 2 aromatic rings. The molecule has 0 radical (unpaired) electrons. The number of hydrogen-bond donors (Lipinski definition) is 0. The van der Waals surface area contributed by atoms with Gasteiger partial charge in [0.25, 0.3) is 0 Å². The maximum absolute atomic E-state index is 12.4. The van der Waals surface area contributed by atoms with Crippen LogP contribution in [0.2, 0.25) is 0 Å². The second kappa shape index (κ2) is 5.98. The highest BCUT2D eigenvalue weighted by Gasteiger charge is 2.22. The van der Waals surface area contributed by atoms with E-state index in [4.69, 9.17) is 4.74 Å². The van der Waals surface area contributed by atoms with Crippen LogP contribution in [0.15, 0.2) is 42.7 Å². The zero-order valence-corrected chi connectivity index (χ0v) is 11.3. The zero-order chi connectivity index (χ0) is 14.5. The fourth-order valence-corrected chi connectivity index (χ4v) is 1.98. The predicted octanol–water partition coefficient (Wildman–Crippen LogP) is 2.89. The minimum absolute atomic E-state index is 0.235. The molecule has 4 heteroatoms. The van der Waals surface area contributed by atoms with E-state index < -0.39 is 5.92 Å². The topological polar surface area (TPSA) is 63.0 Å². The van der Waals surface area contributed by atoms with E-state index in [9.17, 15) is 10.1 Å². The van der Waals surface area contributed by atoms with Gasteiger partial charge in [0.15, 0.2) is 5.78 Å². The van der Waals surface area contributed by atoms with Crippen molar-refractivity contribution >= 4 is 5.78 Å². The number of ketones is 1. The third-order valence-corrected chi connectivity index (χ3v) is 3.12. The molecule has 0 amide bonds. The summed E-state index contributed by atoms with van der Waals surface area (Å²) in [5.41, 5.74) is 2.08. The number of nitriles is 1. The standard InChI is InChI=1S/C16H14N2O2/c1-11-3-4-13(9-15(11)20-2)14(10-17)16(19)12-5-7-18-8-6-12/h3-9,14H,1-2H3. The van der Waals surface area contributed by atoms with E-state index in [1.807, 2.05) is 13.0 Å². The van der Waals surface area contributed by atoms with Crippen LogP contribution in [-0.4, -0.2) is 17.9 Å². The quantitative estimate of drug-likeness (QED) is 0.798. The van der Waals surface area contributed by atoms with Gasteiger partial charge < -0.3 is 4.74 Å². The van der Waals surface area contributed by atoms with Gasteiger partial charge in [-0.3, -0.25) is 9.78 Å². The van der Waals surface area contributed by atoms with Crippen LogP contribution in [0.1, 0.15) is 27.4 Å². The molecule has 4 nitrogen and oxygen atoms in total. The van der Waals surface area contributed by atoms with E-state index in [-0.39, 0.29) is 5.78 Å². The van der Waals surface area contributed by atoms with E-state index in [0.717, 1.165) is 5.56 Å². The number of aromatic nitrogens is 1. The summed E-state index contributed by atoms with van der Waals surface area (Å²) in [5.74, 6) is -0.405. The second-order valence-corrected chi connectivity index (χ2v) is 4.39. The number of benzene rings is 1. The molecule has 0 N–H and O–H groups in total. The number of Topliss-reactive ketones (excluding diaryl/α,β-unsaturated/α-hetero) is 1. The molecule has 1 unspecified atom stereocenters. The van der Waals surface area contributed by atoms with Crippen LogP contribution in [0.3, 0.4) is 0 Å². The van der Waals surface area contributed by atoms with Gasteiger partial charge in [0.05, 0.1) is 13.2 Å². The van der Waals surface area contributed by atoms with Crippen LogP contribution in [0, 0.1) is 18.3 Å². The highest BCUT2D eigenvalue weighted by molar-refractivity contribution is 6.02. The SMILES string of the molecule is COc1cc(C(C#N)C(=O)c2ccncc2)ccc1C. The molecule has 0 spiro atoms. The molecular formula is C16H14N2O2. The molecular weight excluding hydrogens is 252 g/mol. The number of aryl methyl sites for hydroxylation is 1. The molecule has 0 fully saturated rings. The summed E-state index contributed by atoms with van der Waals surface area (Å²) in [6, 6.07) is 10.6. The second-order valence-electron chi connectivity index (χ2n) is 4.39. The van der Waals surface area contributed by atoms with Crippen molar-refractivity contribution in [2.45, 2.75) is 12.8 Å². The van der Waals surface area contributed by atoms with E-state index in [0.29, 0.717) is 16.9 Å². The Morgan fingerprint density at radius 1 is 1.30 bits per heavy atom. The molecule has 20 heavy (non-hydrogen) atoms. The van der Waals surface area contributed by atoms with Crippen LogP contribution in [0.25, 0.3) is 0 Å². The number of methoxy groups -OCH3 is 1. The van der Waals surface area contributed by atoms with Gasteiger partial charge in [0.1, 0.15) is 11.7 Å². The van der Waals surface area contributed by atoms with Crippen molar-refractivity contribution in [2.75, 3.05) is 7.11 Å². The number of nitrogens with zero attached hydrogens (tertiary/aromatic N) is 2. The largest absolute Gasteiger partial charge is 0.496 e. The monoisotopic (exact) mass is 266 g/mol. The summed E-state index contributed by atoms with van der Waals surface area (Å²) in [6.07, 6.45) is 3.08. The molecule has 0 bridgehead atoms. The molecule has 1 aromatic heterocycles. The van der Waals surface area contributed by atoms with Gasteiger partial charge in [-0.25, -0.2) is 0 Å². The molecule has 1 aromatic carbocycles. The summed E-state index contributed by atoms with van der Waals surface area (Å²) in [6.45, 7) is 1.91. The van der Waals surface area contributed by atoms with Gasteiger partial charge >= 0.3 is 0 Å². The first kappa shape index (κ1) is 13.8. The molecule has 1 atom stereocenters. The predicted molar refractivity (Wildman–Crippen MR) is 74.7 cm³/mol.